The number of carbonyl (C=O) groups excluding carboxylic acids is 2. The van der Waals surface area contributed by atoms with Crippen LogP contribution in [0.5, 0.6) is 5.75 Å². The third-order valence-corrected chi connectivity index (χ3v) is 6.61. The van der Waals surface area contributed by atoms with Gasteiger partial charge in [0.1, 0.15) is 11.9 Å². The zero-order valence-corrected chi connectivity index (χ0v) is 22.1. The van der Waals surface area contributed by atoms with Crippen LogP contribution in [0.4, 0.5) is 18.9 Å². The van der Waals surface area contributed by atoms with E-state index in [1.807, 2.05) is 0 Å². The SMILES string of the molecule is CC(O)C(=O)[C@H](Cc1ccc(-c2cccc([N+](=O)[O-])c2)cc1)NC(=O)c1cc(-c2cccc(C(F)(F)F)c2)ccc1O. The number of nitro groups is 1. The van der Waals surface area contributed by atoms with Crippen LogP contribution in [0.25, 0.3) is 22.3 Å². The van der Waals surface area contributed by atoms with Crippen LogP contribution in [-0.2, 0) is 17.4 Å². The molecular weight excluding hydrogens is 553 g/mol. The minimum absolute atomic E-state index is 0.0290. The second-order valence-corrected chi connectivity index (χ2v) is 9.62. The van der Waals surface area contributed by atoms with E-state index in [-0.39, 0.29) is 28.8 Å². The van der Waals surface area contributed by atoms with Crippen molar-refractivity contribution in [3.05, 3.63) is 118 Å². The van der Waals surface area contributed by atoms with E-state index in [2.05, 4.69) is 5.32 Å². The number of alkyl halides is 3. The molecule has 0 fully saturated rings. The van der Waals surface area contributed by atoms with Gasteiger partial charge in [-0.1, -0.05) is 54.6 Å². The number of aliphatic hydroxyl groups is 1. The molecule has 4 aromatic carbocycles. The van der Waals surface area contributed by atoms with E-state index in [0.29, 0.717) is 16.7 Å². The molecule has 4 rings (SSSR count). The lowest BCUT2D eigenvalue weighted by Crippen LogP contribution is -2.46. The zero-order valence-electron chi connectivity index (χ0n) is 22.1. The first-order chi connectivity index (χ1) is 19.8. The molecule has 0 spiro atoms. The number of hydrogen-bond acceptors (Lipinski definition) is 6. The van der Waals surface area contributed by atoms with Gasteiger partial charge in [0.05, 0.1) is 22.1 Å². The van der Waals surface area contributed by atoms with Crippen LogP contribution in [-0.4, -0.2) is 39.0 Å². The van der Waals surface area contributed by atoms with Gasteiger partial charge in [0.15, 0.2) is 5.78 Å². The van der Waals surface area contributed by atoms with E-state index < -0.39 is 46.2 Å². The summed E-state index contributed by atoms with van der Waals surface area (Å²) in [6.45, 7) is 1.25. The van der Waals surface area contributed by atoms with Crippen LogP contribution in [0, 0.1) is 10.1 Å². The number of aliphatic hydroxyl groups excluding tert-OH is 1. The van der Waals surface area contributed by atoms with Gasteiger partial charge in [0.25, 0.3) is 11.6 Å². The van der Waals surface area contributed by atoms with E-state index in [9.17, 15) is 43.1 Å². The molecule has 0 aliphatic heterocycles. The second-order valence-electron chi connectivity index (χ2n) is 9.62. The average molecular weight is 579 g/mol. The zero-order chi connectivity index (χ0) is 30.6. The summed E-state index contributed by atoms with van der Waals surface area (Å²) in [6.07, 6.45) is -6.03. The summed E-state index contributed by atoms with van der Waals surface area (Å²) < 4.78 is 39.6. The van der Waals surface area contributed by atoms with Crippen molar-refractivity contribution in [2.45, 2.75) is 31.7 Å². The van der Waals surface area contributed by atoms with E-state index in [1.165, 1.54) is 49.4 Å². The predicted molar refractivity (Wildman–Crippen MR) is 149 cm³/mol. The van der Waals surface area contributed by atoms with Crippen molar-refractivity contribution in [3.63, 3.8) is 0 Å². The Hall–Kier alpha value is -5.03. The molecule has 4 aromatic rings. The standard InChI is InChI=1S/C31H25F3N2O6/c1-18(37)29(39)27(14-19-8-10-20(11-9-19)22-5-3-7-25(16-22)36(41)42)35-30(40)26-17-23(12-13-28(26)38)21-4-2-6-24(15-21)31(32,33)34/h2-13,15-18,27,37-38H,14H2,1H3,(H,35,40)/t18?,27-/m0/s1. The highest BCUT2D eigenvalue weighted by Crippen LogP contribution is 2.33. The van der Waals surface area contributed by atoms with E-state index >= 15 is 0 Å². The summed E-state index contributed by atoms with van der Waals surface area (Å²) in [5, 5.41) is 33.9. The van der Waals surface area contributed by atoms with Crippen molar-refractivity contribution in [2.24, 2.45) is 0 Å². The normalized spacial score (nSPS) is 12.8. The lowest BCUT2D eigenvalue weighted by Gasteiger charge is -2.20. The topological polar surface area (TPSA) is 130 Å². The number of carbonyl (C=O) groups is 2. The largest absolute Gasteiger partial charge is 0.507 e. The van der Waals surface area contributed by atoms with Crippen molar-refractivity contribution in [3.8, 4) is 28.0 Å². The third kappa shape index (κ3) is 6.99. The molecule has 0 heterocycles. The fraction of sp³-hybridized carbons (Fsp3) is 0.161. The van der Waals surface area contributed by atoms with Gasteiger partial charge >= 0.3 is 6.18 Å². The summed E-state index contributed by atoms with van der Waals surface area (Å²) in [5.74, 6) is -2.01. The highest BCUT2D eigenvalue weighted by Gasteiger charge is 2.31. The monoisotopic (exact) mass is 578 g/mol. The number of benzene rings is 4. The maximum atomic E-state index is 13.2. The molecule has 1 unspecified atom stereocenters. The maximum Gasteiger partial charge on any atom is 0.416 e. The fourth-order valence-corrected chi connectivity index (χ4v) is 4.39. The van der Waals surface area contributed by atoms with Gasteiger partial charge in [0.2, 0.25) is 0 Å². The highest BCUT2D eigenvalue weighted by molar-refractivity contribution is 6.01. The minimum Gasteiger partial charge on any atom is -0.507 e. The quantitative estimate of drug-likeness (QED) is 0.166. The number of hydrogen-bond donors (Lipinski definition) is 3. The van der Waals surface area contributed by atoms with E-state index in [4.69, 9.17) is 0 Å². The molecule has 3 N–H and O–H groups in total. The van der Waals surface area contributed by atoms with Crippen molar-refractivity contribution in [1.29, 1.82) is 0 Å². The van der Waals surface area contributed by atoms with Gasteiger partial charge in [-0.25, -0.2) is 0 Å². The molecule has 0 aromatic heterocycles. The molecule has 11 heteroatoms. The number of phenols is 1. The number of nitrogens with zero attached hydrogens (tertiary/aromatic N) is 1. The van der Waals surface area contributed by atoms with Crippen LogP contribution < -0.4 is 5.32 Å². The molecule has 1 amide bonds. The van der Waals surface area contributed by atoms with Gasteiger partial charge in [-0.15, -0.1) is 0 Å². The average Bonchev–Trinajstić information content (AvgIpc) is 2.96. The van der Waals surface area contributed by atoms with E-state index in [0.717, 1.165) is 12.1 Å². The van der Waals surface area contributed by atoms with Crippen LogP contribution in [0.3, 0.4) is 0 Å². The summed E-state index contributed by atoms with van der Waals surface area (Å²) >= 11 is 0. The number of nitro benzene ring substituents is 1. The summed E-state index contributed by atoms with van der Waals surface area (Å²) in [5.41, 5.74) is 1.08. The molecule has 0 radical (unpaired) electrons. The Kier molecular flexibility index (Phi) is 8.72. The maximum absolute atomic E-state index is 13.2. The highest BCUT2D eigenvalue weighted by atomic mass is 19.4. The predicted octanol–water partition coefficient (Wildman–Crippen LogP) is 5.94. The number of phenolic OH excluding ortho intramolecular Hbond substituents is 1. The van der Waals surface area contributed by atoms with Crippen molar-refractivity contribution in [2.75, 3.05) is 0 Å². The van der Waals surface area contributed by atoms with Crippen LogP contribution >= 0.6 is 0 Å². The number of halogens is 3. The number of amides is 1. The Labute approximate surface area is 238 Å². The lowest BCUT2D eigenvalue weighted by molar-refractivity contribution is -0.384. The molecule has 0 saturated carbocycles. The molecular formula is C31H25F3N2O6. The van der Waals surface area contributed by atoms with Gasteiger partial charge < -0.3 is 15.5 Å². The Morgan fingerprint density at radius 1 is 0.881 bits per heavy atom. The fourth-order valence-electron chi connectivity index (χ4n) is 4.39. The number of ketones is 1. The Bertz CT molecular complexity index is 1630. The molecule has 42 heavy (non-hydrogen) atoms. The van der Waals surface area contributed by atoms with Gasteiger partial charge in [-0.3, -0.25) is 19.7 Å². The molecule has 0 aliphatic rings. The van der Waals surface area contributed by atoms with Gasteiger partial charge in [-0.05, 0) is 65.4 Å². The number of aromatic hydroxyl groups is 1. The van der Waals surface area contributed by atoms with Crippen LogP contribution in [0.1, 0.15) is 28.4 Å². The number of rotatable bonds is 9. The Morgan fingerprint density at radius 2 is 1.48 bits per heavy atom. The van der Waals surface area contributed by atoms with Crippen LogP contribution in [0.15, 0.2) is 91.0 Å². The first-order valence-corrected chi connectivity index (χ1v) is 12.7. The minimum atomic E-state index is -4.57. The summed E-state index contributed by atoms with van der Waals surface area (Å²) in [4.78, 5) is 36.6. The van der Waals surface area contributed by atoms with Crippen molar-refractivity contribution < 1.29 is 37.9 Å². The van der Waals surface area contributed by atoms with Gasteiger partial charge in [0, 0.05) is 12.1 Å². The summed E-state index contributed by atoms with van der Waals surface area (Å²) in [7, 11) is 0. The second kappa shape index (κ2) is 12.2. The first kappa shape index (κ1) is 29.9. The molecule has 2 atom stereocenters. The van der Waals surface area contributed by atoms with E-state index in [1.54, 1.807) is 36.4 Å². The first-order valence-electron chi connectivity index (χ1n) is 12.7. The number of nitrogens with one attached hydrogen (secondary N) is 1. The molecule has 216 valence electrons. The smallest absolute Gasteiger partial charge is 0.416 e. The van der Waals surface area contributed by atoms with Crippen molar-refractivity contribution in [1.82, 2.24) is 5.32 Å². The Morgan fingerprint density at radius 3 is 2.10 bits per heavy atom. The van der Waals surface area contributed by atoms with Crippen molar-refractivity contribution >= 4 is 17.4 Å². The number of Topliss-reactive ketones (excluding diaryl/α,β-unsaturated/α-hetero) is 1. The van der Waals surface area contributed by atoms with Crippen LogP contribution in [0.2, 0.25) is 0 Å². The summed E-state index contributed by atoms with van der Waals surface area (Å²) in [6, 6.07) is 19.9. The molecule has 0 aliphatic carbocycles. The Balaban J connectivity index is 1.57. The van der Waals surface area contributed by atoms with Gasteiger partial charge in [-0.2, -0.15) is 13.2 Å². The molecule has 8 nitrogen and oxygen atoms in total. The third-order valence-electron chi connectivity index (χ3n) is 6.61. The molecule has 0 saturated heterocycles. The lowest BCUT2D eigenvalue weighted by atomic mass is 9.96. The molecule has 0 bridgehead atoms. The number of non-ortho nitro benzene ring substituents is 1.